The molecule has 1 nitrogen and oxygen atoms in total. The van der Waals surface area contributed by atoms with Crippen LogP contribution in [0.1, 0.15) is 57.1 Å². The van der Waals surface area contributed by atoms with Crippen molar-refractivity contribution in [3.05, 3.63) is 35.4 Å². The molecule has 0 radical (unpaired) electrons. The Morgan fingerprint density at radius 1 is 1.00 bits per heavy atom. The van der Waals surface area contributed by atoms with Gasteiger partial charge in [-0.05, 0) is 55.1 Å². The first-order chi connectivity index (χ1) is 8.72. The molecule has 1 heteroatoms. The summed E-state index contributed by atoms with van der Waals surface area (Å²) in [7, 11) is 0. The minimum Gasteiger partial charge on any atom is -0.370 e. The molecule has 0 atom stereocenters. The van der Waals surface area contributed by atoms with E-state index < -0.39 is 0 Å². The van der Waals surface area contributed by atoms with E-state index in [2.05, 4.69) is 38.1 Å². The second-order valence-corrected chi connectivity index (χ2v) is 6.19. The molecule has 1 aliphatic carbocycles. The lowest BCUT2D eigenvalue weighted by molar-refractivity contribution is -0.190. The standard InChI is InChI=1S/C17H24O/c1-3-14-5-7-15(8-6-14)17-11-9-16(4-2,10-12-17)13-18-17/h5-8H,3-4,9-13H2,1-2H3. The van der Waals surface area contributed by atoms with Crippen LogP contribution in [0.25, 0.3) is 0 Å². The molecule has 1 saturated carbocycles. The molecule has 3 fully saturated rings. The Morgan fingerprint density at radius 2 is 1.67 bits per heavy atom. The third-order valence-electron chi connectivity index (χ3n) is 5.41. The largest absolute Gasteiger partial charge is 0.370 e. The Balaban J connectivity index is 1.84. The van der Waals surface area contributed by atoms with E-state index in [1.54, 1.807) is 0 Å². The van der Waals surface area contributed by atoms with Gasteiger partial charge in [0.15, 0.2) is 0 Å². The molecule has 0 unspecified atom stereocenters. The average molecular weight is 244 g/mol. The van der Waals surface area contributed by atoms with Gasteiger partial charge in [-0.25, -0.2) is 0 Å². The fraction of sp³-hybridized carbons (Fsp3) is 0.647. The number of rotatable bonds is 3. The molecule has 98 valence electrons. The van der Waals surface area contributed by atoms with Gasteiger partial charge in [0.25, 0.3) is 0 Å². The van der Waals surface area contributed by atoms with E-state index in [9.17, 15) is 0 Å². The number of hydrogen-bond donors (Lipinski definition) is 0. The molecule has 2 saturated heterocycles. The van der Waals surface area contributed by atoms with Crippen LogP contribution in [0.5, 0.6) is 0 Å². The molecule has 2 aliphatic heterocycles. The second-order valence-electron chi connectivity index (χ2n) is 6.19. The number of benzene rings is 1. The van der Waals surface area contributed by atoms with Crippen LogP contribution in [0.3, 0.4) is 0 Å². The molecule has 0 N–H and O–H groups in total. The van der Waals surface area contributed by atoms with Crippen LogP contribution in [-0.4, -0.2) is 6.61 Å². The summed E-state index contributed by atoms with van der Waals surface area (Å²) in [6.07, 6.45) is 7.52. The van der Waals surface area contributed by atoms with E-state index in [-0.39, 0.29) is 5.60 Å². The highest BCUT2D eigenvalue weighted by molar-refractivity contribution is 5.29. The third-order valence-corrected chi connectivity index (χ3v) is 5.41. The van der Waals surface area contributed by atoms with E-state index in [1.165, 1.54) is 43.2 Å². The van der Waals surface area contributed by atoms with Gasteiger partial charge in [-0.3, -0.25) is 0 Å². The predicted octanol–water partition coefficient (Wildman–Crippen LogP) is 4.44. The van der Waals surface area contributed by atoms with Crippen LogP contribution >= 0.6 is 0 Å². The summed E-state index contributed by atoms with van der Waals surface area (Å²) in [5.41, 5.74) is 3.38. The maximum atomic E-state index is 6.32. The van der Waals surface area contributed by atoms with Gasteiger partial charge in [0, 0.05) is 0 Å². The normalized spacial score (nSPS) is 34.8. The molecule has 0 aromatic heterocycles. The van der Waals surface area contributed by atoms with E-state index >= 15 is 0 Å². The first-order valence-electron chi connectivity index (χ1n) is 7.45. The lowest BCUT2D eigenvalue weighted by Gasteiger charge is -2.53. The van der Waals surface area contributed by atoms with Crippen molar-refractivity contribution in [2.45, 2.75) is 58.0 Å². The number of aryl methyl sites for hydroxylation is 1. The van der Waals surface area contributed by atoms with Crippen LogP contribution in [0.4, 0.5) is 0 Å². The molecule has 2 bridgehead atoms. The van der Waals surface area contributed by atoms with Gasteiger partial charge < -0.3 is 4.74 Å². The Bertz CT molecular complexity index is 393. The molecule has 0 spiro atoms. The molecular weight excluding hydrogens is 220 g/mol. The molecule has 0 amide bonds. The highest BCUT2D eigenvalue weighted by Crippen LogP contribution is 2.54. The van der Waals surface area contributed by atoms with Crippen molar-refractivity contribution in [2.24, 2.45) is 5.41 Å². The minimum atomic E-state index is 0.0448. The van der Waals surface area contributed by atoms with E-state index in [0.717, 1.165) is 13.0 Å². The van der Waals surface area contributed by atoms with Crippen molar-refractivity contribution < 1.29 is 4.74 Å². The van der Waals surface area contributed by atoms with E-state index in [1.807, 2.05) is 0 Å². The summed E-state index contributed by atoms with van der Waals surface area (Å²) >= 11 is 0. The summed E-state index contributed by atoms with van der Waals surface area (Å²) in [6.45, 7) is 5.50. The summed E-state index contributed by atoms with van der Waals surface area (Å²) < 4.78 is 6.32. The zero-order valence-corrected chi connectivity index (χ0v) is 11.7. The van der Waals surface area contributed by atoms with Crippen LogP contribution in [0.15, 0.2) is 24.3 Å². The number of ether oxygens (including phenoxy) is 1. The lowest BCUT2D eigenvalue weighted by atomic mass is 9.63. The zero-order valence-electron chi connectivity index (χ0n) is 11.7. The Hall–Kier alpha value is -0.820. The van der Waals surface area contributed by atoms with Crippen molar-refractivity contribution in [3.8, 4) is 0 Å². The van der Waals surface area contributed by atoms with Gasteiger partial charge >= 0.3 is 0 Å². The van der Waals surface area contributed by atoms with Gasteiger partial charge in [0.05, 0.1) is 12.2 Å². The number of hydrogen-bond acceptors (Lipinski definition) is 1. The molecule has 18 heavy (non-hydrogen) atoms. The molecule has 2 heterocycles. The van der Waals surface area contributed by atoms with E-state index in [4.69, 9.17) is 4.74 Å². The SMILES string of the molecule is CCc1ccc(C23CCC(CC)(CC2)CO3)cc1. The van der Waals surface area contributed by atoms with Crippen LogP contribution in [0.2, 0.25) is 0 Å². The Labute approximate surface area is 111 Å². The molecule has 4 rings (SSSR count). The van der Waals surface area contributed by atoms with Crippen molar-refractivity contribution >= 4 is 0 Å². The first-order valence-corrected chi connectivity index (χ1v) is 7.45. The van der Waals surface area contributed by atoms with Gasteiger partial charge in [-0.1, -0.05) is 38.1 Å². The number of fused-ring (bicyclic) bond motifs is 3. The zero-order chi connectivity index (χ0) is 12.6. The fourth-order valence-corrected chi connectivity index (χ4v) is 3.64. The van der Waals surface area contributed by atoms with Crippen molar-refractivity contribution in [3.63, 3.8) is 0 Å². The van der Waals surface area contributed by atoms with Crippen LogP contribution in [-0.2, 0) is 16.8 Å². The van der Waals surface area contributed by atoms with Crippen LogP contribution in [0, 0.1) is 5.41 Å². The van der Waals surface area contributed by atoms with Gasteiger partial charge in [0.1, 0.15) is 0 Å². The molecule has 1 aromatic rings. The fourth-order valence-electron chi connectivity index (χ4n) is 3.64. The summed E-state index contributed by atoms with van der Waals surface area (Å²) in [4.78, 5) is 0. The van der Waals surface area contributed by atoms with Gasteiger partial charge in [-0.2, -0.15) is 0 Å². The van der Waals surface area contributed by atoms with Crippen molar-refractivity contribution in [2.75, 3.05) is 6.61 Å². The summed E-state index contributed by atoms with van der Waals surface area (Å²) in [6, 6.07) is 9.12. The van der Waals surface area contributed by atoms with Gasteiger partial charge in [0.2, 0.25) is 0 Å². The maximum absolute atomic E-state index is 6.32. The van der Waals surface area contributed by atoms with Crippen LogP contribution < -0.4 is 0 Å². The summed E-state index contributed by atoms with van der Waals surface area (Å²) in [5.74, 6) is 0. The summed E-state index contributed by atoms with van der Waals surface area (Å²) in [5, 5.41) is 0. The minimum absolute atomic E-state index is 0.0448. The second kappa shape index (κ2) is 4.38. The van der Waals surface area contributed by atoms with E-state index in [0.29, 0.717) is 5.41 Å². The first kappa shape index (κ1) is 12.2. The monoisotopic (exact) mass is 244 g/mol. The highest BCUT2D eigenvalue weighted by atomic mass is 16.5. The lowest BCUT2D eigenvalue weighted by Crippen LogP contribution is -2.48. The average Bonchev–Trinajstić information content (AvgIpc) is 2.49. The molecular formula is C17H24O. The molecule has 3 aliphatic rings. The topological polar surface area (TPSA) is 9.23 Å². The smallest absolute Gasteiger partial charge is 0.0932 e. The Morgan fingerprint density at radius 3 is 2.11 bits per heavy atom. The predicted molar refractivity (Wildman–Crippen MR) is 74.6 cm³/mol. The Kier molecular flexibility index (Phi) is 2.97. The molecule has 1 aromatic carbocycles. The third kappa shape index (κ3) is 1.80. The quantitative estimate of drug-likeness (QED) is 0.763. The van der Waals surface area contributed by atoms with Gasteiger partial charge in [-0.15, -0.1) is 0 Å². The maximum Gasteiger partial charge on any atom is 0.0932 e. The highest BCUT2D eigenvalue weighted by Gasteiger charge is 2.49. The van der Waals surface area contributed by atoms with Crippen molar-refractivity contribution in [1.82, 2.24) is 0 Å². The van der Waals surface area contributed by atoms with Crippen molar-refractivity contribution in [1.29, 1.82) is 0 Å².